The van der Waals surface area contributed by atoms with Gasteiger partial charge in [0.1, 0.15) is 0 Å². The van der Waals surface area contributed by atoms with Crippen molar-refractivity contribution in [1.29, 1.82) is 0 Å². The molecule has 0 saturated carbocycles. The second-order valence-corrected chi connectivity index (χ2v) is 33.1. The van der Waals surface area contributed by atoms with E-state index >= 15 is 0 Å². The van der Waals surface area contributed by atoms with Gasteiger partial charge in [-0.1, -0.05) is 253 Å². The third kappa shape index (κ3) is 23.6. The summed E-state index contributed by atoms with van der Waals surface area (Å²) in [7, 11) is 6.12. The molecular weight excluding hydrogens is 2120 g/mol. The molecule has 3 aliphatic heterocycles. The molecular formula is C114H102N12Pt3. The van der Waals surface area contributed by atoms with Crippen LogP contribution in [0.4, 0.5) is 28.4 Å². The van der Waals surface area contributed by atoms with E-state index in [0.29, 0.717) is 0 Å². The van der Waals surface area contributed by atoms with Crippen molar-refractivity contribution in [1.82, 2.24) is 40.4 Å². The van der Waals surface area contributed by atoms with Crippen LogP contribution in [0.3, 0.4) is 0 Å². The average molecular weight is 2230 g/mol. The minimum atomic E-state index is 0. The monoisotopic (exact) mass is 2220 g/mol. The van der Waals surface area contributed by atoms with E-state index in [1.807, 2.05) is 162 Å². The van der Waals surface area contributed by atoms with Crippen LogP contribution in [-0.4, -0.2) is 46.2 Å². The van der Waals surface area contributed by atoms with E-state index in [2.05, 4.69) is 387 Å². The van der Waals surface area contributed by atoms with Gasteiger partial charge in [-0.15, -0.1) is 142 Å². The Morgan fingerprint density at radius 3 is 1.10 bits per heavy atom. The third-order valence-corrected chi connectivity index (χ3v) is 22.2. The van der Waals surface area contributed by atoms with Gasteiger partial charge in [0, 0.05) is 28.3 Å². The van der Waals surface area contributed by atoms with Crippen LogP contribution in [0.5, 0.6) is 0 Å². The molecule has 15 heteroatoms. The van der Waals surface area contributed by atoms with E-state index in [1.165, 1.54) is 123 Å². The molecule has 0 atom stereocenters. The Bertz CT molecular complexity index is 6330. The van der Waals surface area contributed by atoms with E-state index in [4.69, 9.17) is 0 Å². The van der Waals surface area contributed by atoms with Gasteiger partial charge >= 0.3 is 63.2 Å². The number of hydrogen-bond acceptors (Lipinski definition) is 9. The maximum absolute atomic E-state index is 4.18. The van der Waals surface area contributed by atoms with Crippen LogP contribution in [-0.2, 0) is 68.6 Å². The molecule has 0 saturated heterocycles. The Morgan fingerprint density at radius 1 is 0.318 bits per heavy atom. The first kappa shape index (κ1) is 95.4. The van der Waals surface area contributed by atoms with Crippen molar-refractivity contribution < 1.29 is 63.2 Å². The maximum Gasteiger partial charge on any atom is 4.00 e. The van der Waals surface area contributed by atoms with Crippen LogP contribution < -0.4 is 34.9 Å². The van der Waals surface area contributed by atoms with E-state index in [-0.39, 0.29) is 68.6 Å². The molecule has 17 aromatic rings. The number of fused-ring (bicyclic) bond motifs is 2. The first-order chi connectivity index (χ1) is 61.0. The van der Waals surface area contributed by atoms with Crippen molar-refractivity contribution in [2.24, 2.45) is 0 Å². The topological polar surface area (TPSA) is 100 Å². The molecule has 0 amide bonds. The molecule has 14 aromatic carbocycles. The second-order valence-electron chi connectivity index (χ2n) is 33.1. The number of aromatic nitrogens is 6. The number of nitrogens with zero attached hydrogens (tertiary/aromatic N) is 12. The fourth-order valence-electron chi connectivity index (χ4n) is 15.9. The minimum absolute atomic E-state index is 0. The largest absolute Gasteiger partial charge is 4.00 e. The number of para-hydroxylation sites is 2. The second kappa shape index (κ2) is 43.9. The fraction of sp³-hybridized carbons (Fsp3) is 0.140. The molecule has 0 unspecified atom stereocenters. The fourth-order valence-corrected chi connectivity index (χ4v) is 15.9. The van der Waals surface area contributed by atoms with Gasteiger partial charge in [-0.05, 0) is 158 Å². The smallest absolute Gasteiger partial charge is 0.619 e. The summed E-state index contributed by atoms with van der Waals surface area (Å²) in [4.78, 5) is 12.5. The van der Waals surface area contributed by atoms with Gasteiger partial charge < -0.3 is 60.0 Å². The Morgan fingerprint density at radius 2 is 0.729 bits per heavy atom. The molecule has 3 aromatic heterocycles. The van der Waals surface area contributed by atoms with Gasteiger partial charge in [-0.2, -0.15) is 97.0 Å². The Kier molecular flexibility index (Phi) is 32.5. The molecule has 648 valence electrons. The summed E-state index contributed by atoms with van der Waals surface area (Å²) in [5.41, 5.74) is 39.5. The van der Waals surface area contributed by atoms with Crippen molar-refractivity contribution in [3.8, 4) is 101 Å². The van der Waals surface area contributed by atoms with Crippen LogP contribution in [0, 0.1) is 119 Å². The van der Waals surface area contributed by atoms with Crippen LogP contribution in [0.25, 0.3) is 111 Å². The Labute approximate surface area is 806 Å². The van der Waals surface area contributed by atoms with E-state index < -0.39 is 0 Å². The molecule has 20 rings (SSSR count). The van der Waals surface area contributed by atoms with Crippen LogP contribution in [0.15, 0.2) is 328 Å². The van der Waals surface area contributed by atoms with Gasteiger partial charge in [-0.25, -0.2) is 11.4 Å². The standard InChI is InChI=1S/C28H24N2.2C24H22N2.C14H16N2.C13H8N2.C11H10N2.3Pt/c1-20-17-24(22-9-5-4-6-10-22)18-21(2)28(20)23-13-15-25(16-14-23)30-19-29(3)26-11-7-8-12-27(26)30;2*1-18-15-22(20-7-5-4-6-8-20)16-19(2)24(18)21-9-11-23(12-10-21)26-14-13-25(3)17-26;1-10-9-13(16-15-10)11-5-7-12(8-6-11)14(2,3)4;1-2-6-10(7-3-1)13-11-8-4-5-9-12(11)14-15-13;1-8-3-5-10(6-4-8)11-7-9(2)12-13-11;;;/h4-15,17-19H,1-3H3;2*4-11,13-17H,1-3H3;5,7-9H,1-4H3;1-6,8-9H;3-5,7H,1-2H3;;;/q6*-2;3*+4. The van der Waals surface area contributed by atoms with Crippen molar-refractivity contribution in [2.75, 3.05) is 40.7 Å². The first-order valence-corrected chi connectivity index (χ1v) is 42.4. The number of benzene rings is 14. The van der Waals surface area contributed by atoms with E-state index in [9.17, 15) is 0 Å². The van der Waals surface area contributed by atoms with Gasteiger partial charge in [0.25, 0.3) is 0 Å². The molecule has 12 nitrogen and oxygen atoms in total. The Balaban J connectivity index is 0.000000143. The normalized spacial score (nSPS) is 12.2. The molecule has 6 heterocycles. The average Bonchev–Trinajstić information content (AvgIpc) is 1.68. The van der Waals surface area contributed by atoms with Crippen molar-refractivity contribution in [3.63, 3.8) is 0 Å². The zero-order chi connectivity index (χ0) is 88.0. The summed E-state index contributed by atoms with van der Waals surface area (Å²) < 4.78 is 0. The van der Waals surface area contributed by atoms with Gasteiger partial charge in [0.05, 0.1) is 0 Å². The minimum Gasteiger partial charge on any atom is -0.619 e. The number of anilines is 5. The Hall–Kier alpha value is -12.7. The van der Waals surface area contributed by atoms with Crippen molar-refractivity contribution in [2.45, 2.75) is 88.5 Å². The molecule has 0 fully saturated rings. The summed E-state index contributed by atoms with van der Waals surface area (Å²) in [6, 6.07) is 125. The molecule has 0 bridgehead atoms. The van der Waals surface area contributed by atoms with Crippen molar-refractivity contribution in [3.05, 3.63) is 440 Å². The molecule has 0 aliphatic carbocycles. The van der Waals surface area contributed by atoms with Gasteiger partial charge in [-0.3, -0.25) is 0 Å². The predicted octanol–water partition coefficient (Wildman–Crippen LogP) is 26.6. The SMILES string of the molecule is Cc1c[c-]c(-c2cc(C)n[n-]2)cc1.Cc1cc(-c2[c-]cc(C(C)(C)C)cc2)[n-]n1.Cc1cc(-c2ccccc2)cc(C)c1-c1c[c-]c(N2C=CN(C)[CH-]2)cc1.Cc1cc(-c2ccccc2)cc(C)c1-c1c[c-]c(N2C=CN(C)[CH-]2)cc1.Cc1cc(-c2ccccc2)cc(C)c1-c1c[c-]c(N2[CH-]N(C)c3ccccc32)cc1.[Pt+4].[Pt+4].[Pt+4].[c-]1ccccc1-c1[n-]nc2ccccc12. The molecule has 129 heavy (non-hydrogen) atoms. The molecule has 0 radical (unpaired) electrons. The molecule has 0 spiro atoms. The zero-order valence-electron chi connectivity index (χ0n) is 75.2. The number of rotatable bonds is 12. The quantitative estimate of drug-likeness (QED) is 0.109. The van der Waals surface area contributed by atoms with E-state index in [0.717, 1.165) is 73.1 Å². The van der Waals surface area contributed by atoms with Gasteiger partial charge in [0.15, 0.2) is 0 Å². The maximum atomic E-state index is 4.18. The van der Waals surface area contributed by atoms with Gasteiger partial charge in [0.2, 0.25) is 0 Å². The summed E-state index contributed by atoms with van der Waals surface area (Å²) in [5.74, 6) is 0. The first-order valence-electron chi connectivity index (χ1n) is 42.4. The summed E-state index contributed by atoms with van der Waals surface area (Å²) in [6.45, 7) is 31.9. The third-order valence-electron chi connectivity index (χ3n) is 22.2. The predicted molar refractivity (Wildman–Crippen MR) is 521 cm³/mol. The number of hydrogen-bond donors (Lipinski definition) is 0. The van der Waals surface area contributed by atoms with Crippen molar-refractivity contribution >= 4 is 39.3 Å². The van der Waals surface area contributed by atoms with Crippen LogP contribution in [0.1, 0.15) is 76.7 Å². The summed E-state index contributed by atoms with van der Waals surface area (Å²) >= 11 is 0. The molecule has 0 N–H and O–H groups in total. The van der Waals surface area contributed by atoms with Crippen LogP contribution >= 0.6 is 0 Å². The van der Waals surface area contributed by atoms with E-state index in [1.54, 1.807) is 0 Å². The van der Waals surface area contributed by atoms with Crippen LogP contribution in [0.2, 0.25) is 0 Å². The zero-order valence-corrected chi connectivity index (χ0v) is 82.0. The summed E-state index contributed by atoms with van der Waals surface area (Å²) in [5, 5.41) is 25.5. The molecule has 3 aliphatic rings. The summed E-state index contributed by atoms with van der Waals surface area (Å²) in [6.07, 6.45) is 8.13. The number of aryl methyl sites for hydroxylation is 9.